The van der Waals surface area contributed by atoms with Gasteiger partial charge in [-0.15, -0.1) is 0 Å². The largest absolute Gasteiger partial charge is 0.394 e. The summed E-state index contributed by atoms with van der Waals surface area (Å²) in [5.74, 6) is 0. The van der Waals surface area contributed by atoms with Crippen LogP contribution < -0.4 is 0 Å². The molecule has 0 saturated carbocycles. The molecule has 3 rings (SSSR count). The Labute approximate surface area is 181 Å². The first-order valence-electron chi connectivity index (χ1n) is 10.00. The van der Waals surface area contributed by atoms with Crippen molar-refractivity contribution in [2.45, 2.75) is 86.0 Å². The van der Waals surface area contributed by atoms with Gasteiger partial charge < -0.3 is 74.7 Å². The minimum Gasteiger partial charge on any atom is -0.394 e. The second-order valence-electron chi connectivity index (χ2n) is 7.88. The Balaban J connectivity index is 1.70. The number of aliphatic hydroxyl groups is 10. The first kappa shape index (κ1) is 26.0. The summed E-state index contributed by atoms with van der Waals surface area (Å²) < 4.78 is 26.4. The topological polar surface area (TPSA) is 248 Å². The summed E-state index contributed by atoms with van der Waals surface area (Å²) in [5.41, 5.74) is 0. The van der Waals surface area contributed by atoms with Gasteiger partial charge in [0, 0.05) is 0 Å². The van der Waals surface area contributed by atoms with E-state index < -0.39 is 106 Å². The molecular formula is C17H30O15. The van der Waals surface area contributed by atoms with Crippen LogP contribution in [0.25, 0.3) is 0 Å². The molecule has 3 fully saturated rings. The van der Waals surface area contributed by atoms with Gasteiger partial charge in [-0.25, -0.2) is 0 Å². The van der Waals surface area contributed by atoms with Crippen molar-refractivity contribution in [2.75, 3.05) is 19.8 Å². The average molecular weight is 474 g/mol. The Kier molecular flexibility index (Phi) is 8.75. The molecule has 0 aromatic heterocycles. The second kappa shape index (κ2) is 10.8. The summed E-state index contributed by atoms with van der Waals surface area (Å²) in [5, 5.41) is 98.2. The predicted octanol–water partition coefficient (Wildman–Crippen LogP) is -6.93. The van der Waals surface area contributed by atoms with Gasteiger partial charge in [0.1, 0.15) is 67.1 Å². The zero-order chi connectivity index (χ0) is 23.7. The zero-order valence-corrected chi connectivity index (χ0v) is 16.7. The fourth-order valence-corrected chi connectivity index (χ4v) is 3.75. The molecule has 188 valence electrons. The fourth-order valence-electron chi connectivity index (χ4n) is 3.75. The normalized spacial score (nSPS) is 52.3. The Morgan fingerprint density at radius 1 is 0.531 bits per heavy atom. The summed E-state index contributed by atoms with van der Waals surface area (Å²) in [6.45, 7) is -1.85. The molecule has 15 nitrogen and oxygen atoms in total. The molecule has 0 aliphatic carbocycles. The molecule has 3 aliphatic rings. The van der Waals surface area contributed by atoms with Crippen LogP contribution in [0.3, 0.4) is 0 Å². The van der Waals surface area contributed by atoms with E-state index in [4.69, 9.17) is 28.8 Å². The Bertz CT molecular complexity index is 594. The lowest BCUT2D eigenvalue weighted by Crippen LogP contribution is -2.64. The Hall–Kier alpha value is -0.600. The van der Waals surface area contributed by atoms with Crippen LogP contribution in [-0.4, -0.2) is 157 Å². The van der Waals surface area contributed by atoms with E-state index in [1.165, 1.54) is 0 Å². The summed E-state index contributed by atoms with van der Waals surface area (Å²) in [6, 6.07) is 0. The molecule has 10 N–H and O–H groups in total. The molecule has 3 heterocycles. The third kappa shape index (κ3) is 5.07. The van der Waals surface area contributed by atoms with Crippen LogP contribution in [0.15, 0.2) is 0 Å². The lowest BCUT2D eigenvalue weighted by Gasteiger charge is -2.45. The van der Waals surface area contributed by atoms with Gasteiger partial charge >= 0.3 is 0 Å². The number of rotatable bonds is 7. The van der Waals surface area contributed by atoms with Crippen LogP contribution in [0.4, 0.5) is 0 Å². The van der Waals surface area contributed by atoms with E-state index in [1.807, 2.05) is 0 Å². The number of hydrogen-bond donors (Lipinski definition) is 10. The maximum Gasteiger partial charge on any atom is 0.187 e. The third-order valence-corrected chi connectivity index (χ3v) is 5.72. The molecule has 3 aliphatic heterocycles. The van der Waals surface area contributed by atoms with E-state index in [0.29, 0.717) is 0 Å². The van der Waals surface area contributed by atoms with Crippen molar-refractivity contribution in [3.8, 4) is 0 Å². The number of hydrogen-bond acceptors (Lipinski definition) is 15. The molecule has 0 spiro atoms. The highest BCUT2D eigenvalue weighted by atomic mass is 16.7. The molecule has 0 amide bonds. The van der Waals surface area contributed by atoms with Gasteiger partial charge in [0.05, 0.1) is 19.8 Å². The van der Waals surface area contributed by atoms with Gasteiger partial charge in [0.2, 0.25) is 0 Å². The molecule has 0 radical (unpaired) electrons. The summed E-state index contributed by atoms with van der Waals surface area (Å²) in [6.07, 6.45) is -22.1. The molecule has 32 heavy (non-hydrogen) atoms. The maximum atomic E-state index is 10.4. The van der Waals surface area contributed by atoms with Crippen LogP contribution in [-0.2, 0) is 23.7 Å². The Morgan fingerprint density at radius 3 is 1.66 bits per heavy atom. The Morgan fingerprint density at radius 2 is 1.06 bits per heavy atom. The minimum atomic E-state index is -1.86. The van der Waals surface area contributed by atoms with E-state index in [-0.39, 0.29) is 0 Å². The zero-order valence-electron chi connectivity index (χ0n) is 16.7. The van der Waals surface area contributed by atoms with E-state index >= 15 is 0 Å². The van der Waals surface area contributed by atoms with Crippen molar-refractivity contribution in [1.29, 1.82) is 0 Å². The highest BCUT2D eigenvalue weighted by Gasteiger charge is 2.51. The maximum absolute atomic E-state index is 10.4. The highest BCUT2D eigenvalue weighted by molar-refractivity contribution is 4.94. The van der Waals surface area contributed by atoms with Gasteiger partial charge in [-0.3, -0.25) is 0 Å². The molecule has 0 unspecified atom stereocenters. The van der Waals surface area contributed by atoms with E-state index in [0.717, 1.165) is 0 Å². The first-order valence-corrected chi connectivity index (χ1v) is 10.00. The van der Waals surface area contributed by atoms with Crippen molar-refractivity contribution in [1.82, 2.24) is 0 Å². The SMILES string of the molecule is OC[C@@H]1O[C@@H](OC[C@H]2O[C@@H](O)[C@H](O)[C@@H](O)[C@@H]2O[C@H]2O[C@H](CO)[C@@H](O)[C@H](O)[C@H]2O)[C@H](O)[C@H]1O. The first-order chi connectivity index (χ1) is 15.1. The van der Waals surface area contributed by atoms with Crippen molar-refractivity contribution in [2.24, 2.45) is 0 Å². The van der Waals surface area contributed by atoms with Gasteiger partial charge in [0.15, 0.2) is 18.9 Å². The van der Waals surface area contributed by atoms with Gasteiger partial charge in [-0.2, -0.15) is 0 Å². The number of aliphatic hydroxyl groups excluding tert-OH is 10. The molecular weight excluding hydrogens is 444 g/mol. The van der Waals surface area contributed by atoms with Crippen LogP contribution >= 0.6 is 0 Å². The van der Waals surface area contributed by atoms with Crippen LogP contribution in [0.1, 0.15) is 0 Å². The lowest BCUT2D eigenvalue weighted by atomic mass is 9.97. The molecule has 3 saturated heterocycles. The monoisotopic (exact) mass is 474 g/mol. The minimum absolute atomic E-state index is 0.532. The fraction of sp³-hybridized carbons (Fsp3) is 1.00. The third-order valence-electron chi connectivity index (χ3n) is 5.72. The number of ether oxygens (including phenoxy) is 5. The standard InChI is InChI=1S/C17H30O15/c18-1-4-7(20)9(22)13(26)17(31-4)32-14-6(29-15(27)11(24)10(14)23)3-28-16-12(25)8(21)5(2-19)30-16/h4-27H,1-3H2/t4-,5+,6-,7-,8+,9+,10-,11-,12-,13-,14-,15-,16-,17-/m1/s1. The van der Waals surface area contributed by atoms with Gasteiger partial charge in [0.25, 0.3) is 0 Å². The molecule has 0 aromatic carbocycles. The summed E-state index contributed by atoms with van der Waals surface area (Å²) in [4.78, 5) is 0. The van der Waals surface area contributed by atoms with E-state index in [1.54, 1.807) is 0 Å². The molecule has 15 heteroatoms. The van der Waals surface area contributed by atoms with Crippen molar-refractivity contribution in [3.05, 3.63) is 0 Å². The summed E-state index contributed by atoms with van der Waals surface area (Å²) in [7, 11) is 0. The van der Waals surface area contributed by atoms with Crippen LogP contribution in [0.5, 0.6) is 0 Å². The average Bonchev–Trinajstić information content (AvgIpc) is 3.06. The van der Waals surface area contributed by atoms with Crippen molar-refractivity contribution in [3.63, 3.8) is 0 Å². The van der Waals surface area contributed by atoms with E-state index in [2.05, 4.69) is 0 Å². The molecule has 0 bridgehead atoms. The smallest absolute Gasteiger partial charge is 0.187 e. The van der Waals surface area contributed by atoms with Crippen LogP contribution in [0.2, 0.25) is 0 Å². The second-order valence-corrected chi connectivity index (χ2v) is 7.88. The quantitative estimate of drug-likeness (QED) is 0.165. The van der Waals surface area contributed by atoms with Gasteiger partial charge in [-0.1, -0.05) is 0 Å². The van der Waals surface area contributed by atoms with E-state index in [9.17, 15) is 46.0 Å². The summed E-state index contributed by atoms with van der Waals surface area (Å²) >= 11 is 0. The molecule has 0 aromatic rings. The van der Waals surface area contributed by atoms with Crippen LogP contribution in [0, 0.1) is 0 Å². The highest BCUT2D eigenvalue weighted by Crippen LogP contribution is 2.30. The predicted molar refractivity (Wildman–Crippen MR) is 95.2 cm³/mol. The molecule has 14 atom stereocenters. The lowest BCUT2D eigenvalue weighted by molar-refractivity contribution is -0.358. The van der Waals surface area contributed by atoms with Crippen molar-refractivity contribution < 1.29 is 74.7 Å². The van der Waals surface area contributed by atoms with Gasteiger partial charge in [-0.05, 0) is 0 Å². The van der Waals surface area contributed by atoms with Crippen molar-refractivity contribution >= 4 is 0 Å².